The van der Waals surface area contributed by atoms with Crippen molar-refractivity contribution in [3.8, 4) is 0 Å². The first-order chi connectivity index (χ1) is 17.3. The number of amides is 4. The summed E-state index contributed by atoms with van der Waals surface area (Å²) in [7, 11) is 3.40. The minimum atomic E-state index is -0.912. The van der Waals surface area contributed by atoms with Crippen molar-refractivity contribution in [3.05, 3.63) is 36.2 Å². The van der Waals surface area contributed by atoms with Crippen LogP contribution in [0.15, 0.2) is 30.6 Å². The van der Waals surface area contributed by atoms with E-state index >= 15 is 0 Å². The highest BCUT2D eigenvalue weighted by atomic mass is 16.2. The second-order valence-corrected chi connectivity index (χ2v) is 10.5. The van der Waals surface area contributed by atoms with E-state index in [1.807, 2.05) is 0 Å². The van der Waals surface area contributed by atoms with Crippen LogP contribution in [0, 0.1) is 17.8 Å². The number of likely N-dealkylation sites (tertiary alicyclic amines) is 1. The molecule has 0 bridgehead atoms. The lowest BCUT2D eigenvalue weighted by molar-refractivity contribution is -0.156. The molecule has 10 heteroatoms. The number of urea groups is 1. The number of anilines is 2. The molecule has 5 rings (SSSR count). The zero-order chi connectivity index (χ0) is 25.4. The van der Waals surface area contributed by atoms with Crippen LogP contribution in [-0.4, -0.2) is 56.6 Å². The maximum atomic E-state index is 13.7. The number of carbonyl (C=O) groups is 3. The first-order valence-electron chi connectivity index (χ1n) is 12.9. The number of carbonyl (C=O) groups excluding carboxylic acids is 3. The third kappa shape index (κ3) is 4.81. The second-order valence-electron chi connectivity index (χ2n) is 10.5. The van der Waals surface area contributed by atoms with E-state index in [-0.39, 0.29) is 17.9 Å². The van der Waals surface area contributed by atoms with Crippen molar-refractivity contribution in [1.29, 1.82) is 0 Å². The summed E-state index contributed by atoms with van der Waals surface area (Å²) in [5.41, 5.74) is 6.63. The molecule has 0 aromatic carbocycles. The van der Waals surface area contributed by atoms with Gasteiger partial charge in [0.15, 0.2) is 5.82 Å². The van der Waals surface area contributed by atoms with Gasteiger partial charge < -0.3 is 11.1 Å². The fourth-order valence-electron chi connectivity index (χ4n) is 5.81. The van der Waals surface area contributed by atoms with Gasteiger partial charge in [-0.25, -0.2) is 9.78 Å². The van der Waals surface area contributed by atoms with E-state index < -0.39 is 18.0 Å². The molecule has 36 heavy (non-hydrogen) atoms. The topological polar surface area (TPSA) is 126 Å². The minimum Gasteiger partial charge on any atom is -0.384 e. The fraction of sp³-hybridized carbons (Fsp3) is 0.577. The van der Waals surface area contributed by atoms with Gasteiger partial charge in [-0.05, 0) is 61.6 Å². The van der Waals surface area contributed by atoms with Gasteiger partial charge in [0.1, 0.15) is 11.9 Å². The molecule has 1 aliphatic heterocycles. The molecule has 3 heterocycles. The Balaban J connectivity index is 1.37. The van der Waals surface area contributed by atoms with Gasteiger partial charge in [0.05, 0.1) is 5.92 Å². The zero-order valence-electron chi connectivity index (χ0n) is 21.0. The van der Waals surface area contributed by atoms with E-state index in [0.717, 1.165) is 36.1 Å². The molecule has 3 fully saturated rings. The van der Waals surface area contributed by atoms with Gasteiger partial charge in [0, 0.05) is 38.6 Å². The van der Waals surface area contributed by atoms with Crippen molar-refractivity contribution in [3.63, 3.8) is 0 Å². The van der Waals surface area contributed by atoms with Crippen LogP contribution in [0.1, 0.15) is 50.5 Å². The molecule has 3 N–H and O–H groups in total. The molecule has 2 saturated carbocycles. The van der Waals surface area contributed by atoms with Crippen molar-refractivity contribution in [2.75, 3.05) is 17.7 Å². The third-order valence-corrected chi connectivity index (χ3v) is 7.94. The maximum absolute atomic E-state index is 13.7. The monoisotopic (exact) mass is 493 g/mol. The number of likely N-dealkylation sites (N-methyl/N-ethyl adjacent to an activating group) is 1. The van der Waals surface area contributed by atoms with Crippen LogP contribution in [0.2, 0.25) is 0 Å². The first-order valence-corrected chi connectivity index (χ1v) is 12.9. The Kier molecular flexibility index (Phi) is 6.68. The van der Waals surface area contributed by atoms with Gasteiger partial charge in [0.2, 0.25) is 5.91 Å². The molecule has 2 aromatic rings. The Bertz CT molecular complexity index is 1140. The van der Waals surface area contributed by atoms with E-state index in [2.05, 4.69) is 15.4 Å². The predicted octanol–water partition coefficient (Wildman–Crippen LogP) is 2.50. The highest BCUT2D eigenvalue weighted by Gasteiger charge is 2.56. The lowest BCUT2D eigenvalue weighted by Crippen LogP contribution is -2.71. The quantitative estimate of drug-likeness (QED) is 0.571. The number of nitrogen functional groups attached to an aromatic ring is 1. The van der Waals surface area contributed by atoms with Gasteiger partial charge in [-0.3, -0.25) is 24.1 Å². The van der Waals surface area contributed by atoms with E-state index in [0.29, 0.717) is 29.9 Å². The summed E-state index contributed by atoms with van der Waals surface area (Å²) < 4.78 is 1.61. The lowest BCUT2D eigenvalue weighted by Gasteiger charge is -2.46. The molecule has 1 saturated heterocycles. The molecule has 192 valence electrons. The number of nitrogens with zero attached hydrogens (tertiary/aromatic N) is 5. The maximum Gasteiger partial charge on any atom is 0.325 e. The van der Waals surface area contributed by atoms with Gasteiger partial charge in [0.25, 0.3) is 5.91 Å². The molecule has 1 unspecified atom stereocenters. The summed E-state index contributed by atoms with van der Waals surface area (Å²) >= 11 is 0. The van der Waals surface area contributed by atoms with Gasteiger partial charge in [-0.2, -0.15) is 5.10 Å². The standard InChI is InChI=1S/C26H35N7O3/c1-31-13-11-21(30-31)32(2)25(35)23-19(14-16-10-12-28-20(27)15-16)24(34)33(23)26(36)29-22(18-8-9-18)17-6-4-3-5-7-17/h10-13,15,17-19,22-23H,3-9,14H2,1-2H3,(H2,27,28)(H,29,36)/t19-,22?,23+/m1/s1. The number of hydrogen-bond donors (Lipinski definition) is 2. The summed E-state index contributed by atoms with van der Waals surface area (Å²) in [6.45, 7) is 0. The van der Waals surface area contributed by atoms with Crippen molar-refractivity contribution < 1.29 is 14.4 Å². The molecule has 10 nitrogen and oxygen atoms in total. The Morgan fingerprint density at radius 2 is 1.89 bits per heavy atom. The average Bonchev–Trinajstić information content (AvgIpc) is 3.63. The van der Waals surface area contributed by atoms with Crippen LogP contribution in [0.4, 0.5) is 16.4 Å². The number of nitrogens with two attached hydrogens (primary N) is 1. The summed E-state index contributed by atoms with van der Waals surface area (Å²) in [4.78, 5) is 47.1. The summed E-state index contributed by atoms with van der Waals surface area (Å²) in [5, 5.41) is 7.50. The van der Waals surface area contributed by atoms with Crippen molar-refractivity contribution in [2.45, 2.75) is 63.5 Å². The number of aryl methyl sites for hydroxylation is 1. The SMILES string of the molecule is CN(C(=O)[C@@H]1[C@@H](Cc2ccnc(N)c2)C(=O)N1C(=O)NC(C1CCCCC1)C1CC1)c1ccn(C)n1. The average molecular weight is 494 g/mol. The van der Waals surface area contributed by atoms with Crippen LogP contribution in [0.5, 0.6) is 0 Å². The molecule has 2 aliphatic carbocycles. The van der Waals surface area contributed by atoms with E-state index in [9.17, 15) is 14.4 Å². The van der Waals surface area contributed by atoms with Crippen molar-refractivity contribution in [1.82, 2.24) is 25.0 Å². The number of nitrogens with one attached hydrogen (secondary N) is 1. The molecule has 3 atom stereocenters. The van der Waals surface area contributed by atoms with Crippen LogP contribution in [0.3, 0.4) is 0 Å². The molecular formula is C26H35N7O3. The smallest absolute Gasteiger partial charge is 0.325 e. The molecule has 0 radical (unpaired) electrons. The predicted molar refractivity (Wildman–Crippen MR) is 135 cm³/mol. The number of rotatable bonds is 7. The van der Waals surface area contributed by atoms with Crippen LogP contribution >= 0.6 is 0 Å². The van der Waals surface area contributed by atoms with Gasteiger partial charge in [-0.1, -0.05) is 19.3 Å². The third-order valence-electron chi connectivity index (χ3n) is 7.94. The number of imide groups is 1. The second kappa shape index (κ2) is 9.91. The molecule has 4 amide bonds. The van der Waals surface area contributed by atoms with E-state index in [1.54, 1.807) is 49.4 Å². The summed E-state index contributed by atoms with van der Waals surface area (Å²) in [6.07, 6.45) is 11.6. The number of aromatic nitrogens is 3. The summed E-state index contributed by atoms with van der Waals surface area (Å²) in [6, 6.07) is 3.90. The van der Waals surface area contributed by atoms with Crippen LogP contribution in [0.25, 0.3) is 0 Å². The fourth-order valence-corrected chi connectivity index (χ4v) is 5.81. The Morgan fingerprint density at radius 3 is 2.53 bits per heavy atom. The Labute approximate surface area is 211 Å². The Morgan fingerprint density at radius 1 is 1.17 bits per heavy atom. The number of hydrogen-bond acceptors (Lipinski definition) is 6. The zero-order valence-corrected chi connectivity index (χ0v) is 21.0. The van der Waals surface area contributed by atoms with Crippen LogP contribution in [-0.2, 0) is 23.1 Å². The van der Waals surface area contributed by atoms with Crippen molar-refractivity contribution in [2.24, 2.45) is 24.8 Å². The molecule has 0 spiro atoms. The Hall–Kier alpha value is -3.43. The number of pyridine rings is 1. The lowest BCUT2D eigenvalue weighted by atomic mass is 9.81. The molecule has 2 aromatic heterocycles. The van der Waals surface area contributed by atoms with Gasteiger partial charge >= 0.3 is 6.03 Å². The highest BCUT2D eigenvalue weighted by Crippen LogP contribution is 2.41. The van der Waals surface area contributed by atoms with E-state index in [4.69, 9.17) is 5.73 Å². The van der Waals surface area contributed by atoms with Crippen molar-refractivity contribution >= 4 is 29.5 Å². The number of β-lactam (4-membered cyclic amide) rings is 1. The normalized spacial score (nSPS) is 23.2. The highest BCUT2D eigenvalue weighted by molar-refractivity contribution is 6.12. The molecular weight excluding hydrogens is 458 g/mol. The largest absolute Gasteiger partial charge is 0.384 e. The van der Waals surface area contributed by atoms with Gasteiger partial charge in [-0.15, -0.1) is 0 Å². The summed E-state index contributed by atoms with van der Waals surface area (Å²) in [5.74, 6) is 0.381. The van der Waals surface area contributed by atoms with E-state index in [1.165, 1.54) is 24.2 Å². The first kappa shape index (κ1) is 24.3. The minimum absolute atomic E-state index is 0.0638. The molecule has 3 aliphatic rings. The van der Waals surface area contributed by atoms with Crippen LogP contribution < -0.4 is 16.0 Å².